The second-order valence-corrected chi connectivity index (χ2v) is 4.48. The van der Waals surface area contributed by atoms with Gasteiger partial charge < -0.3 is 0 Å². The van der Waals surface area contributed by atoms with E-state index >= 15 is 0 Å². The molecular weight excluding hydrogens is 232 g/mol. The van der Waals surface area contributed by atoms with Crippen LogP contribution >= 0.6 is 0 Å². The number of ketones is 1. The molecule has 0 fully saturated rings. The maximum atomic E-state index is 11.6. The van der Waals surface area contributed by atoms with Gasteiger partial charge in [-0.15, -0.1) is 0 Å². The molecule has 0 amide bonds. The summed E-state index contributed by atoms with van der Waals surface area (Å²) in [6.45, 7) is 2.02. The lowest BCUT2D eigenvalue weighted by atomic mass is 9.86. The van der Waals surface area contributed by atoms with Crippen molar-refractivity contribution in [3.05, 3.63) is 35.0 Å². The first-order valence-electron chi connectivity index (χ1n) is 5.81. The van der Waals surface area contributed by atoms with Crippen LogP contribution in [-0.4, -0.2) is 22.8 Å². The van der Waals surface area contributed by atoms with Crippen LogP contribution < -0.4 is 0 Å². The van der Waals surface area contributed by atoms with Crippen LogP contribution in [-0.2, 0) is 9.63 Å². The maximum Gasteiger partial charge on any atom is 0.342 e. The van der Waals surface area contributed by atoms with Gasteiger partial charge in [-0.2, -0.15) is 0 Å². The van der Waals surface area contributed by atoms with Crippen LogP contribution in [0.15, 0.2) is 24.5 Å². The zero-order chi connectivity index (χ0) is 13.1. The maximum absolute atomic E-state index is 11.6. The third-order valence-corrected chi connectivity index (χ3v) is 2.96. The van der Waals surface area contributed by atoms with Crippen molar-refractivity contribution in [3.63, 3.8) is 0 Å². The third kappa shape index (κ3) is 2.45. The fourth-order valence-electron chi connectivity index (χ4n) is 2.19. The summed E-state index contributed by atoms with van der Waals surface area (Å²) in [5.41, 5.74) is 1.91. The van der Waals surface area contributed by atoms with E-state index in [2.05, 4.69) is 9.82 Å². The molecule has 1 unspecified atom stereocenters. The molecule has 1 aromatic rings. The Morgan fingerprint density at radius 2 is 2.22 bits per heavy atom. The van der Waals surface area contributed by atoms with Crippen molar-refractivity contribution in [2.75, 3.05) is 7.11 Å². The predicted molar refractivity (Wildman–Crippen MR) is 65.9 cm³/mol. The average molecular weight is 247 g/mol. The predicted octanol–water partition coefficient (Wildman–Crippen LogP) is 2.44. The zero-order valence-electron chi connectivity index (χ0n) is 10.4. The van der Waals surface area contributed by atoms with E-state index in [1.807, 2.05) is 6.92 Å². The fraction of sp³-hybridized carbons (Fsp3) is 0.385. The highest BCUT2D eigenvalue weighted by Crippen LogP contribution is 2.33. The lowest BCUT2D eigenvalue weighted by molar-refractivity contribution is -0.736. The summed E-state index contributed by atoms with van der Waals surface area (Å²) >= 11 is 0. The minimum Gasteiger partial charge on any atom is -0.295 e. The summed E-state index contributed by atoms with van der Waals surface area (Å²) in [6, 6.07) is 1.73. The summed E-state index contributed by atoms with van der Waals surface area (Å²) in [4.78, 5) is 32.1. The lowest BCUT2D eigenvalue weighted by Gasteiger charge is -2.17. The summed E-state index contributed by atoms with van der Waals surface area (Å²) in [7, 11) is 1.30. The van der Waals surface area contributed by atoms with E-state index in [9.17, 15) is 9.70 Å². The molecular formula is C13H15N2O3+. The second kappa shape index (κ2) is 5.08. The molecule has 1 aliphatic rings. The molecule has 0 aliphatic heterocycles. The molecule has 1 aliphatic carbocycles. The molecule has 0 saturated carbocycles. The van der Waals surface area contributed by atoms with Gasteiger partial charge >= 0.3 is 5.69 Å². The van der Waals surface area contributed by atoms with Crippen LogP contribution in [0.2, 0.25) is 0 Å². The van der Waals surface area contributed by atoms with E-state index in [1.54, 1.807) is 18.3 Å². The van der Waals surface area contributed by atoms with Crippen molar-refractivity contribution in [3.8, 4) is 0 Å². The van der Waals surface area contributed by atoms with Crippen LogP contribution in [0.5, 0.6) is 0 Å². The largest absolute Gasteiger partial charge is 0.342 e. The Labute approximate surface area is 105 Å². The van der Waals surface area contributed by atoms with Crippen LogP contribution in [0.1, 0.15) is 25.3 Å². The van der Waals surface area contributed by atoms with Crippen LogP contribution in [0, 0.1) is 10.8 Å². The van der Waals surface area contributed by atoms with E-state index in [-0.39, 0.29) is 5.78 Å². The Hall–Kier alpha value is -2.04. The van der Waals surface area contributed by atoms with Crippen molar-refractivity contribution >= 4 is 17.0 Å². The van der Waals surface area contributed by atoms with E-state index in [4.69, 9.17) is 0 Å². The van der Waals surface area contributed by atoms with Crippen LogP contribution in [0.25, 0.3) is 5.57 Å². The van der Waals surface area contributed by atoms with Crippen molar-refractivity contribution in [2.45, 2.75) is 19.8 Å². The van der Waals surface area contributed by atoms with Gasteiger partial charge in [-0.05, 0) is 30.1 Å². The minimum atomic E-state index is 0.0985. The topological polar surface area (TPSA) is 59.3 Å². The number of hydrogen-bond donors (Lipinski definition) is 0. The number of rotatable bonds is 3. The van der Waals surface area contributed by atoms with E-state index < -0.39 is 0 Å². The smallest absolute Gasteiger partial charge is 0.295 e. The molecule has 2 rings (SSSR count). The Balaban J connectivity index is 2.45. The van der Waals surface area contributed by atoms with Crippen LogP contribution in [0.3, 0.4) is 0 Å². The molecule has 0 aromatic carbocycles. The van der Waals surface area contributed by atoms with Crippen molar-refractivity contribution in [1.29, 1.82) is 0 Å². The number of aromatic nitrogens is 1. The number of carbonyl (C=O) groups is 1. The molecule has 0 N–H and O–H groups in total. The first-order chi connectivity index (χ1) is 8.61. The molecule has 5 heteroatoms. The number of carbonyl (C=O) groups excluding carboxylic acids is 1. The van der Waals surface area contributed by atoms with Gasteiger partial charge in [0.25, 0.3) is 4.92 Å². The number of nitrogens with zero attached hydrogens (tertiary/aromatic N) is 2. The summed E-state index contributed by atoms with van der Waals surface area (Å²) < 4.78 is 0. The monoisotopic (exact) mass is 247 g/mol. The summed E-state index contributed by atoms with van der Waals surface area (Å²) in [5, 5.41) is 0. The molecule has 1 heterocycles. The normalized spacial score (nSPS) is 19.3. The quantitative estimate of drug-likeness (QED) is 0.770. The van der Waals surface area contributed by atoms with Crippen molar-refractivity contribution in [2.24, 2.45) is 5.92 Å². The van der Waals surface area contributed by atoms with Crippen molar-refractivity contribution in [1.82, 2.24) is 4.98 Å². The minimum absolute atomic E-state index is 0.0985. The highest BCUT2D eigenvalue weighted by atomic mass is 16.8. The lowest BCUT2D eigenvalue weighted by Crippen LogP contribution is -2.12. The molecule has 1 aromatic heterocycles. The molecule has 5 nitrogen and oxygen atoms in total. The standard InChI is InChI=1S/C13H15N2O3/c1-9-5-10(7-11(16)6-9)12-3-4-14-8-13(12)15(17)18-2/h3-4,7-9H,5-6H2,1-2H3/q+1. The van der Waals surface area contributed by atoms with Crippen LogP contribution in [0.4, 0.5) is 5.69 Å². The Morgan fingerprint density at radius 3 is 2.89 bits per heavy atom. The van der Waals surface area contributed by atoms with Crippen molar-refractivity contribution < 1.29 is 14.6 Å². The van der Waals surface area contributed by atoms with E-state index in [0.29, 0.717) is 28.5 Å². The first kappa shape index (κ1) is 12.4. The Kier molecular flexibility index (Phi) is 3.50. The molecule has 94 valence electrons. The van der Waals surface area contributed by atoms with E-state index in [1.165, 1.54) is 13.3 Å². The zero-order valence-corrected chi connectivity index (χ0v) is 10.4. The van der Waals surface area contributed by atoms with Gasteiger partial charge in [-0.1, -0.05) is 6.92 Å². The van der Waals surface area contributed by atoms with Gasteiger partial charge in [0.2, 0.25) is 0 Å². The molecule has 1 atom stereocenters. The average Bonchev–Trinajstić information content (AvgIpc) is 2.36. The molecule has 0 saturated heterocycles. The van der Waals surface area contributed by atoms with Gasteiger partial charge in [0.15, 0.2) is 12.9 Å². The highest BCUT2D eigenvalue weighted by Gasteiger charge is 2.26. The van der Waals surface area contributed by atoms with Gasteiger partial charge in [0, 0.05) is 12.6 Å². The molecule has 18 heavy (non-hydrogen) atoms. The van der Waals surface area contributed by atoms with Gasteiger partial charge in [0.1, 0.15) is 6.20 Å². The Morgan fingerprint density at radius 1 is 1.44 bits per heavy atom. The molecule has 0 spiro atoms. The number of allylic oxidation sites excluding steroid dienone is 2. The van der Waals surface area contributed by atoms with Gasteiger partial charge in [0.05, 0.1) is 10.5 Å². The SMILES string of the molecule is CO[N+](=O)c1cnccc1C1=CC(=O)CC(C)C1. The van der Waals surface area contributed by atoms with E-state index in [0.717, 1.165) is 12.0 Å². The first-order valence-corrected chi connectivity index (χ1v) is 5.81. The molecule has 0 radical (unpaired) electrons. The fourth-order valence-corrected chi connectivity index (χ4v) is 2.19. The second-order valence-electron chi connectivity index (χ2n) is 4.48. The third-order valence-electron chi connectivity index (χ3n) is 2.96. The van der Waals surface area contributed by atoms with Gasteiger partial charge in [-0.3, -0.25) is 9.78 Å². The number of hydrogen-bond acceptors (Lipinski definition) is 4. The molecule has 0 bridgehead atoms. The summed E-state index contributed by atoms with van der Waals surface area (Å²) in [6.07, 6.45) is 6.00. The highest BCUT2D eigenvalue weighted by molar-refractivity contribution is 5.99. The van der Waals surface area contributed by atoms with Gasteiger partial charge in [-0.25, -0.2) is 4.84 Å². The Bertz CT molecular complexity index is 523. The summed E-state index contributed by atoms with van der Waals surface area (Å²) in [5.74, 6) is 0.391. The number of pyridine rings is 1.